The lowest BCUT2D eigenvalue weighted by Crippen LogP contribution is -2.31. The minimum Gasteiger partial charge on any atom is -0.497 e. The van der Waals surface area contributed by atoms with Gasteiger partial charge >= 0.3 is 5.97 Å². The zero-order chi connectivity index (χ0) is 26.9. The van der Waals surface area contributed by atoms with Crippen LogP contribution in [0.2, 0.25) is 0 Å². The smallest absolute Gasteiger partial charge is 0.336 e. The fourth-order valence-corrected chi connectivity index (χ4v) is 4.45. The molecule has 0 saturated carbocycles. The summed E-state index contributed by atoms with van der Waals surface area (Å²) in [6, 6.07) is 29.8. The van der Waals surface area contributed by atoms with E-state index in [9.17, 15) is 14.7 Å². The topological polar surface area (TPSA) is 76.1 Å². The summed E-state index contributed by atoms with van der Waals surface area (Å²) >= 11 is 0. The first-order valence-electron chi connectivity index (χ1n) is 12.5. The van der Waals surface area contributed by atoms with Crippen LogP contribution in [0.5, 0.6) is 11.5 Å². The van der Waals surface area contributed by atoms with E-state index < -0.39 is 5.97 Å². The molecule has 1 amide bonds. The summed E-state index contributed by atoms with van der Waals surface area (Å²) in [4.78, 5) is 27.2. The third-order valence-electron chi connectivity index (χ3n) is 6.41. The highest BCUT2D eigenvalue weighted by Crippen LogP contribution is 2.26. The molecule has 0 aliphatic heterocycles. The number of nitrogens with zero attached hydrogens (tertiary/aromatic N) is 1. The van der Waals surface area contributed by atoms with Crippen molar-refractivity contribution in [1.82, 2.24) is 4.90 Å². The highest BCUT2D eigenvalue weighted by molar-refractivity contribution is 5.97. The van der Waals surface area contributed by atoms with Crippen molar-refractivity contribution in [3.05, 3.63) is 119 Å². The second-order valence-corrected chi connectivity index (χ2v) is 8.96. The van der Waals surface area contributed by atoms with Crippen LogP contribution in [0.25, 0.3) is 11.1 Å². The summed E-state index contributed by atoms with van der Waals surface area (Å²) in [6.45, 7) is 0.960. The number of carbonyl (C=O) groups excluding carboxylic acids is 1. The Morgan fingerprint density at radius 3 is 2.03 bits per heavy atom. The van der Waals surface area contributed by atoms with Crippen molar-refractivity contribution >= 4 is 11.9 Å². The molecule has 6 nitrogen and oxygen atoms in total. The van der Waals surface area contributed by atoms with Gasteiger partial charge < -0.3 is 19.5 Å². The van der Waals surface area contributed by atoms with E-state index in [1.165, 1.54) is 5.56 Å². The predicted octanol–water partition coefficient (Wildman–Crippen LogP) is 6.34. The van der Waals surface area contributed by atoms with Crippen molar-refractivity contribution in [3.8, 4) is 22.6 Å². The molecule has 0 saturated heterocycles. The molecule has 6 heteroatoms. The van der Waals surface area contributed by atoms with E-state index in [0.717, 1.165) is 24.0 Å². The summed E-state index contributed by atoms with van der Waals surface area (Å²) in [5.41, 5.74) is 4.25. The molecule has 0 bridgehead atoms. The molecule has 0 radical (unpaired) electrons. The number of benzene rings is 4. The number of ether oxygens (including phenoxy) is 2. The van der Waals surface area contributed by atoms with E-state index in [4.69, 9.17) is 9.47 Å². The van der Waals surface area contributed by atoms with Crippen LogP contribution in [-0.2, 0) is 13.0 Å². The number of aromatic carboxylic acids is 1. The van der Waals surface area contributed by atoms with Crippen molar-refractivity contribution in [2.75, 3.05) is 20.8 Å². The molecule has 1 N–H and O–H groups in total. The first kappa shape index (κ1) is 26.5. The molecule has 0 aliphatic rings. The number of carboxylic acid groups (broad SMARTS) is 1. The molecule has 0 aromatic heterocycles. The van der Waals surface area contributed by atoms with E-state index in [0.29, 0.717) is 35.7 Å². The van der Waals surface area contributed by atoms with Gasteiger partial charge in [-0.05, 0) is 65.4 Å². The summed E-state index contributed by atoms with van der Waals surface area (Å²) in [5, 5.41) is 9.54. The van der Waals surface area contributed by atoms with Gasteiger partial charge in [-0.2, -0.15) is 0 Å². The standard InChI is InChI=1S/C32H31NO5/c1-37-27-19-24(20-28(21-27)38-2)22-33(18-8-11-23-9-4-3-5-10-23)31(34)26-16-14-25(15-17-26)29-12-6-7-13-30(29)32(35)36/h3-7,9-10,12-17,19-21H,8,11,18,22H2,1-2H3,(H,35,36). The van der Waals surface area contributed by atoms with E-state index >= 15 is 0 Å². The van der Waals surface area contributed by atoms with Crippen LogP contribution in [0.3, 0.4) is 0 Å². The third-order valence-corrected chi connectivity index (χ3v) is 6.41. The Balaban J connectivity index is 1.58. The van der Waals surface area contributed by atoms with Gasteiger partial charge in [-0.1, -0.05) is 60.7 Å². The monoisotopic (exact) mass is 509 g/mol. The first-order valence-corrected chi connectivity index (χ1v) is 12.5. The third kappa shape index (κ3) is 6.59. The van der Waals surface area contributed by atoms with Gasteiger partial charge in [-0.25, -0.2) is 4.79 Å². The molecule has 0 fully saturated rings. The van der Waals surface area contributed by atoms with E-state index in [1.807, 2.05) is 35.2 Å². The fourth-order valence-electron chi connectivity index (χ4n) is 4.45. The van der Waals surface area contributed by atoms with Crippen molar-refractivity contribution < 1.29 is 24.2 Å². The quantitative estimate of drug-likeness (QED) is 0.255. The Kier molecular flexibility index (Phi) is 8.77. The highest BCUT2D eigenvalue weighted by Gasteiger charge is 2.18. The number of carboxylic acids is 1. The van der Waals surface area contributed by atoms with Crippen LogP contribution in [0.15, 0.2) is 97.1 Å². The van der Waals surface area contributed by atoms with Gasteiger partial charge in [0.05, 0.1) is 19.8 Å². The maximum atomic E-state index is 13.7. The molecule has 0 unspecified atom stereocenters. The van der Waals surface area contributed by atoms with Crippen LogP contribution in [0.4, 0.5) is 0 Å². The number of carbonyl (C=O) groups is 2. The molecule has 4 aromatic rings. The lowest BCUT2D eigenvalue weighted by atomic mass is 9.98. The minimum absolute atomic E-state index is 0.0991. The van der Waals surface area contributed by atoms with Crippen LogP contribution in [0, 0.1) is 0 Å². The zero-order valence-electron chi connectivity index (χ0n) is 21.6. The van der Waals surface area contributed by atoms with Crippen molar-refractivity contribution in [1.29, 1.82) is 0 Å². The van der Waals surface area contributed by atoms with Gasteiger partial charge in [0, 0.05) is 24.7 Å². The van der Waals surface area contributed by atoms with E-state index in [1.54, 1.807) is 68.8 Å². The van der Waals surface area contributed by atoms with Crippen molar-refractivity contribution in [2.45, 2.75) is 19.4 Å². The Morgan fingerprint density at radius 1 is 0.763 bits per heavy atom. The molecule has 0 heterocycles. The lowest BCUT2D eigenvalue weighted by molar-refractivity contribution is 0.0696. The number of aryl methyl sites for hydroxylation is 1. The normalized spacial score (nSPS) is 10.6. The SMILES string of the molecule is COc1cc(CN(CCCc2ccccc2)C(=O)c2ccc(-c3ccccc3C(=O)O)cc2)cc(OC)c1. The largest absolute Gasteiger partial charge is 0.497 e. The van der Waals surface area contributed by atoms with Crippen molar-refractivity contribution in [3.63, 3.8) is 0 Å². The second kappa shape index (κ2) is 12.6. The predicted molar refractivity (Wildman–Crippen MR) is 148 cm³/mol. The Bertz CT molecular complexity index is 1360. The van der Waals surface area contributed by atoms with Crippen LogP contribution < -0.4 is 9.47 Å². The first-order chi connectivity index (χ1) is 18.5. The van der Waals surface area contributed by atoms with Gasteiger partial charge in [-0.3, -0.25) is 4.79 Å². The van der Waals surface area contributed by atoms with Crippen LogP contribution in [0.1, 0.15) is 38.3 Å². The minimum atomic E-state index is -0.987. The fraction of sp³-hybridized carbons (Fsp3) is 0.188. The summed E-state index contributed by atoms with van der Waals surface area (Å²) in [6.07, 6.45) is 1.66. The summed E-state index contributed by atoms with van der Waals surface area (Å²) < 4.78 is 10.8. The Morgan fingerprint density at radius 2 is 1.39 bits per heavy atom. The zero-order valence-corrected chi connectivity index (χ0v) is 21.6. The number of rotatable bonds is 11. The van der Waals surface area contributed by atoms with E-state index in [-0.39, 0.29) is 11.5 Å². The van der Waals surface area contributed by atoms with Crippen LogP contribution >= 0.6 is 0 Å². The van der Waals surface area contributed by atoms with Gasteiger partial charge in [0.2, 0.25) is 0 Å². The van der Waals surface area contributed by atoms with Gasteiger partial charge in [0.1, 0.15) is 11.5 Å². The average molecular weight is 510 g/mol. The number of methoxy groups -OCH3 is 2. The Labute approximate surface area is 223 Å². The molecular weight excluding hydrogens is 478 g/mol. The summed E-state index contributed by atoms with van der Waals surface area (Å²) in [7, 11) is 3.21. The molecule has 194 valence electrons. The maximum absolute atomic E-state index is 13.7. The summed E-state index contributed by atoms with van der Waals surface area (Å²) in [5.74, 6) is 0.243. The molecule has 0 atom stereocenters. The highest BCUT2D eigenvalue weighted by atomic mass is 16.5. The van der Waals surface area contributed by atoms with Gasteiger partial charge in [0.25, 0.3) is 5.91 Å². The van der Waals surface area contributed by atoms with Crippen LogP contribution in [-0.4, -0.2) is 42.6 Å². The van der Waals surface area contributed by atoms with Gasteiger partial charge in [0.15, 0.2) is 0 Å². The number of hydrogen-bond acceptors (Lipinski definition) is 4. The second-order valence-electron chi connectivity index (χ2n) is 8.96. The molecule has 4 aromatic carbocycles. The molecule has 4 rings (SSSR count). The Hall–Kier alpha value is -4.58. The maximum Gasteiger partial charge on any atom is 0.336 e. The molecular formula is C32H31NO5. The number of hydrogen-bond donors (Lipinski definition) is 1. The molecule has 0 aliphatic carbocycles. The molecule has 0 spiro atoms. The van der Waals surface area contributed by atoms with E-state index in [2.05, 4.69) is 12.1 Å². The van der Waals surface area contributed by atoms with Gasteiger partial charge in [-0.15, -0.1) is 0 Å². The number of amides is 1. The lowest BCUT2D eigenvalue weighted by Gasteiger charge is -2.24. The molecule has 38 heavy (non-hydrogen) atoms. The van der Waals surface area contributed by atoms with Crippen molar-refractivity contribution in [2.24, 2.45) is 0 Å². The average Bonchev–Trinajstić information content (AvgIpc) is 2.96.